The van der Waals surface area contributed by atoms with Gasteiger partial charge in [0.2, 0.25) is 0 Å². The summed E-state index contributed by atoms with van der Waals surface area (Å²) in [6.07, 6.45) is 1.75. The molecule has 0 aliphatic carbocycles. The van der Waals surface area contributed by atoms with Crippen LogP contribution < -0.4 is 0 Å². The lowest BCUT2D eigenvalue weighted by Gasteiger charge is -2.18. The molecular formula is C21H22IN3O. The van der Waals surface area contributed by atoms with Crippen LogP contribution in [-0.4, -0.2) is 34.6 Å². The molecule has 0 radical (unpaired) electrons. The van der Waals surface area contributed by atoms with E-state index in [2.05, 4.69) is 51.0 Å². The summed E-state index contributed by atoms with van der Waals surface area (Å²) >= 11 is 2.25. The summed E-state index contributed by atoms with van der Waals surface area (Å²) in [4.78, 5) is 14.4. The molecule has 0 bridgehead atoms. The van der Waals surface area contributed by atoms with Gasteiger partial charge in [-0.05, 0) is 60.1 Å². The number of aryl methyl sites for hydroxylation is 2. The van der Waals surface area contributed by atoms with Gasteiger partial charge in [0.1, 0.15) is 0 Å². The number of hydrogen-bond donors (Lipinski definition) is 1. The Morgan fingerprint density at radius 1 is 1.15 bits per heavy atom. The summed E-state index contributed by atoms with van der Waals surface area (Å²) in [6.45, 7) is 2.74. The minimum absolute atomic E-state index is 0.0766. The van der Waals surface area contributed by atoms with Gasteiger partial charge >= 0.3 is 0 Å². The number of halogens is 1. The van der Waals surface area contributed by atoms with Crippen LogP contribution in [0, 0.1) is 10.5 Å². The van der Waals surface area contributed by atoms with Gasteiger partial charge in [0, 0.05) is 28.4 Å². The Kier molecular flexibility index (Phi) is 6.08. The van der Waals surface area contributed by atoms with Crippen molar-refractivity contribution in [2.24, 2.45) is 0 Å². The largest absolute Gasteiger partial charge is 0.342 e. The summed E-state index contributed by atoms with van der Waals surface area (Å²) in [6, 6.07) is 18.1. The third-order valence-corrected chi connectivity index (χ3v) is 5.84. The van der Waals surface area contributed by atoms with Crippen molar-refractivity contribution in [1.29, 1.82) is 0 Å². The van der Waals surface area contributed by atoms with Gasteiger partial charge in [0.25, 0.3) is 5.91 Å². The van der Waals surface area contributed by atoms with E-state index < -0.39 is 0 Å². The van der Waals surface area contributed by atoms with Crippen molar-refractivity contribution in [2.45, 2.75) is 19.8 Å². The van der Waals surface area contributed by atoms with Crippen molar-refractivity contribution in [3.8, 4) is 11.3 Å². The van der Waals surface area contributed by atoms with Crippen molar-refractivity contribution >= 4 is 28.5 Å². The average molecular weight is 459 g/mol. The number of nitrogens with one attached hydrogen (secondary N) is 1. The molecule has 1 aromatic heterocycles. The smallest absolute Gasteiger partial charge is 0.254 e. The highest BCUT2D eigenvalue weighted by Gasteiger charge is 2.15. The lowest BCUT2D eigenvalue weighted by atomic mass is 10.1. The minimum atomic E-state index is 0.0766. The first-order valence-corrected chi connectivity index (χ1v) is 9.74. The Morgan fingerprint density at radius 2 is 1.92 bits per heavy atom. The third kappa shape index (κ3) is 4.33. The summed E-state index contributed by atoms with van der Waals surface area (Å²) in [5, 5.41) is 7.48. The number of carbonyl (C=O) groups excluding carboxylic acids is 1. The Hall–Kier alpha value is -2.15. The van der Waals surface area contributed by atoms with Crippen molar-refractivity contribution in [1.82, 2.24) is 15.1 Å². The summed E-state index contributed by atoms with van der Waals surface area (Å²) in [5.41, 5.74) is 5.07. The SMILES string of the molecule is Cc1cccc(C(=O)N(C)CCCc2cc(-c3ccccc3)n[nH]2)c1I. The maximum absolute atomic E-state index is 12.7. The molecule has 0 fully saturated rings. The zero-order valence-electron chi connectivity index (χ0n) is 15.0. The van der Waals surface area contributed by atoms with Crippen LogP contribution in [0.15, 0.2) is 54.6 Å². The van der Waals surface area contributed by atoms with Crippen LogP contribution in [0.5, 0.6) is 0 Å². The average Bonchev–Trinajstić information content (AvgIpc) is 3.13. The molecule has 1 N–H and O–H groups in total. The van der Waals surface area contributed by atoms with E-state index in [0.717, 1.165) is 44.5 Å². The van der Waals surface area contributed by atoms with E-state index >= 15 is 0 Å². The fourth-order valence-corrected chi connectivity index (χ4v) is 3.46. The number of amides is 1. The van der Waals surface area contributed by atoms with E-state index in [4.69, 9.17) is 0 Å². The zero-order valence-corrected chi connectivity index (χ0v) is 17.2. The van der Waals surface area contributed by atoms with Gasteiger partial charge in [-0.25, -0.2) is 0 Å². The summed E-state index contributed by atoms with van der Waals surface area (Å²) in [7, 11) is 1.86. The highest BCUT2D eigenvalue weighted by molar-refractivity contribution is 14.1. The van der Waals surface area contributed by atoms with Crippen LogP contribution in [0.1, 0.15) is 28.0 Å². The lowest BCUT2D eigenvalue weighted by Crippen LogP contribution is -2.28. The number of hydrogen-bond acceptors (Lipinski definition) is 2. The predicted octanol–water partition coefficient (Wildman–Crippen LogP) is 4.69. The quantitative estimate of drug-likeness (QED) is 0.544. The standard InChI is InChI=1S/C21H22IN3O/c1-15-8-6-12-18(20(15)22)21(26)25(2)13-7-11-17-14-19(24-23-17)16-9-4-3-5-10-16/h3-6,8-10,12,14H,7,11,13H2,1-2H3,(H,23,24). The maximum atomic E-state index is 12.7. The molecule has 4 nitrogen and oxygen atoms in total. The number of carbonyl (C=O) groups is 1. The Balaban J connectivity index is 1.55. The highest BCUT2D eigenvalue weighted by atomic mass is 127. The van der Waals surface area contributed by atoms with Crippen LogP contribution in [0.2, 0.25) is 0 Å². The zero-order chi connectivity index (χ0) is 18.5. The van der Waals surface area contributed by atoms with Gasteiger partial charge in [-0.15, -0.1) is 0 Å². The van der Waals surface area contributed by atoms with E-state index in [1.807, 2.05) is 50.4 Å². The molecule has 3 aromatic rings. The maximum Gasteiger partial charge on any atom is 0.254 e. The molecule has 0 aliphatic heterocycles. The number of benzene rings is 2. The van der Waals surface area contributed by atoms with Crippen LogP contribution in [0.25, 0.3) is 11.3 Å². The molecule has 5 heteroatoms. The molecular weight excluding hydrogens is 437 g/mol. The second-order valence-electron chi connectivity index (χ2n) is 6.41. The van der Waals surface area contributed by atoms with Gasteiger partial charge in [0.05, 0.1) is 11.3 Å². The minimum Gasteiger partial charge on any atom is -0.342 e. The molecule has 1 heterocycles. The van der Waals surface area contributed by atoms with E-state index in [1.54, 1.807) is 4.90 Å². The molecule has 0 atom stereocenters. The van der Waals surface area contributed by atoms with Gasteiger partial charge in [-0.2, -0.15) is 5.10 Å². The molecule has 1 amide bonds. The number of nitrogens with zero attached hydrogens (tertiary/aromatic N) is 2. The molecule has 134 valence electrons. The molecule has 0 unspecified atom stereocenters. The molecule has 0 saturated carbocycles. The van der Waals surface area contributed by atoms with Crippen LogP contribution >= 0.6 is 22.6 Å². The molecule has 0 aliphatic rings. The number of rotatable bonds is 6. The molecule has 2 aromatic carbocycles. The molecule has 0 spiro atoms. The van der Waals surface area contributed by atoms with Crippen molar-refractivity contribution in [3.63, 3.8) is 0 Å². The summed E-state index contributed by atoms with van der Waals surface area (Å²) < 4.78 is 1.03. The molecule has 3 rings (SSSR count). The monoisotopic (exact) mass is 459 g/mol. The first kappa shape index (κ1) is 18.6. The summed E-state index contributed by atoms with van der Waals surface area (Å²) in [5.74, 6) is 0.0766. The van der Waals surface area contributed by atoms with Crippen molar-refractivity contribution in [3.05, 3.63) is 75.0 Å². The predicted molar refractivity (Wildman–Crippen MR) is 113 cm³/mol. The Bertz CT molecular complexity index is 889. The highest BCUT2D eigenvalue weighted by Crippen LogP contribution is 2.19. The third-order valence-electron chi connectivity index (χ3n) is 4.41. The second-order valence-corrected chi connectivity index (χ2v) is 7.49. The number of H-pyrrole nitrogens is 1. The first-order chi connectivity index (χ1) is 12.6. The van der Waals surface area contributed by atoms with E-state index in [0.29, 0.717) is 6.54 Å². The van der Waals surface area contributed by atoms with Crippen LogP contribution in [0.4, 0.5) is 0 Å². The normalized spacial score (nSPS) is 10.7. The van der Waals surface area contributed by atoms with Gasteiger partial charge < -0.3 is 4.90 Å². The fourth-order valence-electron chi connectivity index (χ4n) is 2.87. The topological polar surface area (TPSA) is 49.0 Å². The molecule has 0 saturated heterocycles. The molecule has 26 heavy (non-hydrogen) atoms. The van der Waals surface area contributed by atoms with E-state index in [9.17, 15) is 4.79 Å². The second kappa shape index (κ2) is 8.49. The number of aromatic nitrogens is 2. The van der Waals surface area contributed by atoms with Crippen LogP contribution in [-0.2, 0) is 6.42 Å². The first-order valence-electron chi connectivity index (χ1n) is 8.66. The Morgan fingerprint density at radius 3 is 2.69 bits per heavy atom. The fraction of sp³-hybridized carbons (Fsp3) is 0.238. The lowest BCUT2D eigenvalue weighted by molar-refractivity contribution is 0.0792. The van der Waals surface area contributed by atoms with Crippen LogP contribution in [0.3, 0.4) is 0 Å². The number of aromatic amines is 1. The van der Waals surface area contributed by atoms with Gasteiger partial charge in [-0.3, -0.25) is 9.89 Å². The Labute approximate surface area is 167 Å². The van der Waals surface area contributed by atoms with Gasteiger partial charge in [0.15, 0.2) is 0 Å². The van der Waals surface area contributed by atoms with Crippen molar-refractivity contribution < 1.29 is 4.79 Å². The van der Waals surface area contributed by atoms with E-state index in [1.165, 1.54) is 0 Å². The van der Waals surface area contributed by atoms with Gasteiger partial charge in [-0.1, -0.05) is 42.5 Å². The van der Waals surface area contributed by atoms with Crippen molar-refractivity contribution in [2.75, 3.05) is 13.6 Å². The van der Waals surface area contributed by atoms with E-state index in [-0.39, 0.29) is 5.91 Å².